The first kappa shape index (κ1) is 14.1. The molecule has 0 atom stereocenters. The van der Waals surface area contributed by atoms with E-state index in [4.69, 9.17) is 9.63 Å². The maximum atomic E-state index is 10.4. The molecule has 0 aliphatic heterocycles. The van der Waals surface area contributed by atoms with Crippen LogP contribution in [0.2, 0.25) is 0 Å². The molecule has 2 rings (SSSR count). The molecule has 1 N–H and O–H groups in total. The van der Waals surface area contributed by atoms with Crippen LogP contribution in [-0.4, -0.2) is 27.0 Å². The van der Waals surface area contributed by atoms with E-state index in [2.05, 4.69) is 26.1 Å². The minimum absolute atomic E-state index is 0.0198. The largest absolute Gasteiger partial charge is 0.481 e. The van der Waals surface area contributed by atoms with E-state index in [0.717, 1.165) is 15.6 Å². The molecule has 0 amide bonds. The van der Waals surface area contributed by atoms with Crippen molar-refractivity contribution in [1.82, 2.24) is 10.1 Å². The maximum absolute atomic E-state index is 10.4. The summed E-state index contributed by atoms with van der Waals surface area (Å²) in [5, 5.41) is 12.4. The van der Waals surface area contributed by atoms with Crippen molar-refractivity contribution < 1.29 is 14.4 Å². The fourth-order valence-electron chi connectivity index (χ4n) is 1.45. The number of carbonyl (C=O) groups is 1. The SMILES string of the molecule is Cc1ccc(-c2noc(CSCC(=O)O)n2)c(Br)c1. The topological polar surface area (TPSA) is 76.2 Å². The highest BCUT2D eigenvalue weighted by Gasteiger charge is 2.12. The Balaban J connectivity index is 2.10. The molecule has 7 heteroatoms. The van der Waals surface area contributed by atoms with Gasteiger partial charge in [-0.05, 0) is 24.6 Å². The van der Waals surface area contributed by atoms with E-state index in [0.29, 0.717) is 17.5 Å². The Morgan fingerprint density at radius 2 is 2.32 bits per heavy atom. The molecule has 2 aromatic rings. The third-order valence-electron chi connectivity index (χ3n) is 2.28. The summed E-state index contributed by atoms with van der Waals surface area (Å²) in [6.07, 6.45) is 0. The lowest BCUT2D eigenvalue weighted by Gasteiger charge is -1.99. The molecular formula is C12H11BrN2O3S. The lowest BCUT2D eigenvalue weighted by molar-refractivity contribution is -0.133. The minimum Gasteiger partial charge on any atom is -0.481 e. The van der Waals surface area contributed by atoms with E-state index in [-0.39, 0.29) is 5.75 Å². The van der Waals surface area contributed by atoms with Crippen LogP contribution in [-0.2, 0) is 10.5 Å². The predicted octanol–water partition coefficient (Wildman–Crippen LogP) is 3.13. The number of rotatable bonds is 5. The summed E-state index contributed by atoms with van der Waals surface area (Å²) in [5.74, 6) is 0.479. The summed E-state index contributed by atoms with van der Waals surface area (Å²) >= 11 is 4.68. The average Bonchev–Trinajstić information content (AvgIpc) is 2.77. The van der Waals surface area contributed by atoms with Crippen LogP contribution >= 0.6 is 27.7 Å². The molecule has 0 aliphatic rings. The molecule has 1 aromatic heterocycles. The van der Waals surface area contributed by atoms with E-state index in [1.165, 1.54) is 11.8 Å². The van der Waals surface area contributed by atoms with Gasteiger partial charge in [0.2, 0.25) is 11.7 Å². The molecule has 1 aromatic carbocycles. The molecule has 5 nitrogen and oxygen atoms in total. The Hall–Kier alpha value is -1.34. The lowest BCUT2D eigenvalue weighted by Crippen LogP contribution is -1.98. The highest BCUT2D eigenvalue weighted by atomic mass is 79.9. The van der Waals surface area contributed by atoms with Crippen molar-refractivity contribution in [3.63, 3.8) is 0 Å². The monoisotopic (exact) mass is 342 g/mol. The lowest BCUT2D eigenvalue weighted by atomic mass is 10.1. The molecule has 0 aliphatic carbocycles. The van der Waals surface area contributed by atoms with Gasteiger partial charge in [-0.15, -0.1) is 11.8 Å². The van der Waals surface area contributed by atoms with Crippen LogP contribution in [0.3, 0.4) is 0 Å². The number of aryl methyl sites for hydroxylation is 1. The van der Waals surface area contributed by atoms with Crippen molar-refractivity contribution in [2.24, 2.45) is 0 Å². The first-order valence-corrected chi connectivity index (χ1v) is 7.39. The number of halogens is 1. The first-order valence-electron chi connectivity index (χ1n) is 5.45. The Labute approximate surface area is 122 Å². The smallest absolute Gasteiger partial charge is 0.313 e. The van der Waals surface area contributed by atoms with Crippen LogP contribution < -0.4 is 0 Å². The molecule has 19 heavy (non-hydrogen) atoms. The molecule has 0 spiro atoms. The van der Waals surface area contributed by atoms with E-state index >= 15 is 0 Å². The Kier molecular flexibility index (Phi) is 4.60. The van der Waals surface area contributed by atoms with Gasteiger partial charge in [-0.2, -0.15) is 4.98 Å². The molecule has 0 radical (unpaired) electrons. The second-order valence-electron chi connectivity index (χ2n) is 3.88. The van der Waals surface area contributed by atoms with Gasteiger partial charge < -0.3 is 9.63 Å². The van der Waals surface area contributed by atoms with E-state index in [1.54, 1.807) is 0 Å². The Morgan fingerprint density at radius 1 is 1.53 bits per heavy atom. The fraction of sp³-hybridized carbons (Fsp3) is 0.250. The summed E-state index contributed by atoms with van der Waals surface area (Å²) in [4.78, 5) is 14.6. The molecule has 0 saturated heterocycles. The van der Waals surface area contributed by atoms with Gasteiger partial charge in [0, 0.05) is 10.0 Å². The number of hydrogen-bond donors (Lipinski definition) is 1. The van der Waals surface area contributed by atoms with Crippen molar-refractivity contribution in [2.75, 3.05) is 5.75 Å². The molecule has 0 fully saturated rings. The zero-order chi connectivity index (χ0) is 13.8. The number of aliphatic carboxylic acids is 1. The summed E-state index contributed by atoms with van der Waals surface area (Å²) < 4.78 is 5.99. The molecule has 100 valence electrons. The van der Waals surface area contributed by atoms with E-state index < -0.39 is 5.97 Å². The Bertz CT molecular complexity index is 600. The van der Waals surface area contributed by atoms with Gasteiger partial charge >= 0.3 is 5.97 Å². The van der Waals surface area contributed by atoms with Crippen molar-refractivity contribution >= 4 is 33.7 Å². The number of thioether (sulfide) groups is 1. The van der Waals surface area contributed by atoms with E-state index in [1.807, 2.05) is 25.1 Å². The quantitative estimate of drug-likeness (QED) is 0.899. The zero-order valence-electron chi connectivity index (χ0n) is 10.1. The van der Waals surface area contributed by atoms with Crippen molar-refractivity contribution in [1.29, 1.82) is 0 Å². The van der Waals surface area contributed by atoms with E-state index in [9.17, 15) is 4.79 Å². The highest BCUT2D eigenvalue weighted by Crippen LogP contribution is 2.27. The van der Waals surface area contributed by atoms with Gasteiger partial charge in [0.25, 0.3) is 0 Å². The number of carboxylic acid groups (broad SMARTS) is 1. The van der Waals surface area contributed by atoms with Gasteiger partial charge in [0.1, 0.15) is 0 Å². The minimum atomic E-state index is -0.856. The predicted molar refractivity (Wildman–Crippen MR) is 76.0 cm³/mol. The van der Waals surface area contributed by atoms with Gasteiger partial charge in [-0.1, -0.05) is 27.2 Å². The second kappa shape index (κ2) is 6.21. The normalized spacial score (nSPS) is 10.6. The van der Waals surface area contributed by atoms with Gasteiger partial charge in [0.05, 0.1) is 11.5 Å². The molecule has 0 bridgehead atoms. The van der Waals surface area contributed by atoms with Crippen LogP contribution in [0.5, 0.6) is 0 Å². The van der Waals surface area contributed by atoms with Crippen molar-refractivity contribution in [2.45, 2.75) is 12.7 Å². The summed E-state index contributed by atoms with van der Waals surface area (Å²) in [6, 6.07) is 5.86. The van der Waals surface area contributed by atoms with Crippen LogP contribution in [0.25, 0.3) is 11.4 Å². The van der Waals surface area contributed by atoms with Crippen molar-refractivity contribution in [3.05, 3.63) is 34.1 Å². The van der Waals surface area contributed by atoms with Gasteiger partial charge in [0.15, 0.2) is 0 Å². The zero-order valence-corrected chi connectivity index (χ0v) is 12.5. The molecular weight excluding hydrogens is 332 g/mol. The number of hydrogen-bond acceptors (Lipinski definition) is 5. The summed E-state index contributed by atoms with van der Waals surface area (Å²) in [5.41, 5.74) is 1.99. The Morgan fingerprint density at radius 3 is 3.00 bits per heavy atom. The van der Waals surface area contributed by atoms with Crippen LogP contribution in [0, 0.1) is 6.92 Å². The number of nitrogens with zero attached hydrogens (tertiary/aromatic N) is 2. The third kappa shape index (κ3) is 3.81. The van der Waals surface area contributed by atoms with Crippen molar-refractivity contribution in [3.8, 4) is 11.4 Å². The molecule has 0 unspecified atom stereocenters. The number of carboxylic acids is 1. The van der Waals surface area contributed by atoms with Crippen LogP contribution in [0.1, 0.15) is 11.5 Å². The number of benzene rings is 1. The molecule has 1 heterocycles. The molecule has 0 saturated carbocycles. The summed E-state index contributed by atoms with van der Waals surface area (Å²) in [7, 11) is 0. The third-order valence-corrected chi connectivity index (χ3v) is 3.84. The standard InChI is InChI=1S/C12H11BrN2O3S/c1-7-2-3-8(9(13)4-7)12-14-10(18-15-12)5-19-6-11(16)17/h2-4H,5-6H2,1H3,(H,16,17). The van der Waals surface area contributed by atoms with Crippen LogP contribution in [0.15, 0.2) is 27.2 Å². The maximum Gasteiger partial charge on any atom is 0.313 e. The van der Waals surface area contributed by atoms with Gasteiger partial charge in [-0.25, -0.2) is 0 Å². The van der Waals surface area contributed by atoms with Gasteiger partial charge in [-0.3, -0.25) is 4.79 Å². The average molecular weight is 343 g/mol. The fourth-order valence-corrected chi connectivity index (χ4v) is 2.69. The number of aromatic nitrogens is 2. The summed E-state index contributed by atoms with van der Waals surface area (Å²) in [6.45, 7) is 2.00. The van der Waals surface area contributed by atoms with Crippen LogP contribution in [0.4, 0.5) is 0 Å². The second-order valence-corrected chi connectivity index (χ2v) is 5.72. The highest BCUT2D eigenvalue weighted by molar-refractivity contribution is 9.10. The first-order chi connectivity index (χ1) is 9.06.